The summed E-state index contributed by atoms with van der Waals surface area (Å²) < 4.78 is 34.8. The third-order valence-corrected chi connectivity index (χ3v) is 6.42. The van der Waals surface area contributed by atoms with E-state index in [1.54, 1.807) is 31.6 Å². The van der Waals surface area contributed by atoms with Crippen molar-refractivity contribution in [1.82, 2.24) is 19.1 Å². The van der Waals surface area contributed by atoms with Crippen LogP contribution in [0, 0.1) is 20.8 Å². The second-order valence-corrected chi connectivity index (χ2v) is 8.01. The lowest BCUT2D eigenvalue weighted by molar-refractivity contribution is 0.206. The third-order valence-electron chi connectivity index (χ3n) is 4.30. The lowest BCUT2D eigenvalue weighted by Gasteiger charge is -2.17. The van der Waals surface area contributed by atoms with Gasteiger partial charge < -0.3 is 4.74 Å². The molecule has 1 unspecified atom stereocenters. The molecule has 7 nitrogen and oxygen atoms in total. The molecule has 0 bridgehead atoms. The highest BCUT2D eigenvalue weighted by molar-refractivity contribution is 7.89. The highest BCUT2D eigenvalue weighted by Crippen LogP contribution is 2.27. The average Bonchev–Trinajstić information content (AvgIpc) is 3.05. The second kappa shape index (κ2) is 6.18. The predicted octanol–water partition coefficient (Wildman–Crippen LogP) is 1.58. The predicted molar refractivity (Wildman–Crippen MR) is 89.4 cm³/mol. The van der Waals surface area contributed by atoms with Crippen molar-refractivity contribution in [3.63, 3.8) is 0 Å². The molecule has 3 rings (SSSR count). The lowest BCUT2D eigenvalue weighted by atomic mass is 10.3. The van der Waals surface area contributed by atoms with Gasteiger partial charge in [-0.05, 0) is 33.3 Å². The Hall–Kier alpha value is -1.93. The molecule has 0 aromatic carbocycles. The van der Waals surface area contributed by atoms with E-state index in [0.29, 0.717) is 41.7 Å². The molecule has 24 heavy (non-hydrogen) atoms. The summed E-state index contributed by atoms with van der Waals surface area (Å²) in [4.78, 5) is 4.62. The number of pyridine rings is 1. The summed E-state index contributed by atoms with van der Waals surface area (Å²) in [6, 6.07) is 5.56. The summed E-state index contributed by atoms with van der Waals surface area (Å²) in [5.41, 5.74) is 2.05. The summed E-state index contributed by atoms with van der Waals surface area (Å²) in [5, 5.41) is 4.21. The van der Waals surface area contributed by atoms with Crippen molar-refractivity contribution in [3.05, 3.63) is 35.3 Å². The number of ether oxygens (including phenoxy) is 1. The van der Waals surface area contributed by atoms with E-state index < -0.39 is 10.0 Å². The zero-order chi connectivity index (χ0) is 17.5. The van der Waals surface area contributed by atoms with Gasteiger partial charge in [-0.25, -0.2) is 13.4 Å². The van der Waals surface area contributed by atoms with Crippen LogP contribution >= 0.6 is 0 Å². The highest BCUT2D eigenvalue weighted by Gasteiger charge is 2.36. The van der Waals surface area contributed by atoms with Crippen LogP contribution in [0.4, 0.5) is 0 Å². The van der Waals surface area contributed by atoms with Gasteiger partial charge in [0.15, 0.2) is 0 Å². The molecule has 0 spiro atoms. The van der Waals surface area contributed by atoms with Crippen molar-refractivity contribution in [2.75, 3.05) is 13.1 Å². The number of aromatic nitrogens is 3. The molecule has 1 fully saturated rings. The molecule has 2 aromatic heterocycles. The van der Waals surface area contributed by atoms with Crippen LogP contribution in [0.15, 0.2) is 23.1 Å². The monoisotopic (exact) mass is 350 g/mol. The Kier molecular flexibility index (Phi) is 4.35. The first-order chi connectivity index (χ1) is 11.3. The van der Waals surface area contributed by atoms with E-state index in [-0.39, 0.29) is 6.10 Å². The Morgan fingerprint density at radius 3 is 2.62 bits per heavy atom. The van der Waals surface area contributed by atoms with Gasteiger partial charge in [0.05, 0.1) is 17.9 Å². The molecule has 1 aliphatic heterocycles. The molecule has 2 aromatic rings. The largest absolute Gasteiger partial charge is 0.473 e. The summed E-state index contributed by atoms with van der Waals surface area (Å²) in [6.45, 7) is 6.15. The van der Waals surface area contributed by atoms with Crippen LogP contribution in [0.2, 0.25) is 0 Å². The SMILES string of the molecule is Cc1cccc(OC2CCN(S(=O)(=O)c3c(C)nn(C)c3C)C2)n1. The first-order valence-electron chi connectivity index (χ1n) is 7.89. The Balaban J connectivity index is 1.77. The molecule has 0 radical (unpaired) electrons. The smallest absolute Gasteiger partial charge is 0.246 e. The molecular formula is C16H22N4O3S. The van der Waals surface area contributed by atoms with Crippen LogP contribution in [0.3, 0.4) is 0 Å². The van der Waals surface area contributed by atoms with Crippen molar-refractivity contribution < 1.29 is 13.2 Å². The van der Waals surface area contributed by atoms with E-state index in [2.05, 4.69) is 10.1 Å². The maximum absolute atomic E-state index is 12.9. The van der Waals surface area contributed by atoms with E-state index in [0.717, 1.165) is 5.69 Å². The lowest BCUT2D eigenvalue weighted by Crippen LogP contribution is -2.31. The van der Waals surface area contributed by atoms with Crippen LogP contribution in [0.25, 0.3) is 0 Å². The Morgan fingerprint density at radius 2 is 2.00 bits per heavy atom. The molecule has 130 valence electrons. The quantitative estimate of drug-likeness (QED) is 0.837. The number of hydrogen-bond donors (Lipinski definition) is 0. The zero-order valence-electron chi connectivity index (χ0n) is 14.4. The highest BCUT2D eigenvalue weighted by atomic mass is 32.2. The second-order valence-electron chi connectivity index (χ2n) is 6.13. The normalized spacial score (nSPS) is 18.9. The first kappa shape index (κ1) is 16.9. The minimum atomic E-state index is -3.56. The molecule has 0 amide bonds. The number of hydrogen-bond acceptors (Lipinski definition) is 5. The average molecular weight is 350 g/mol. The Bertz CT molecular complexity index is 860. The maximum atomic E-state index is 12.9. The van der Waals surface area contributed by atoms with E-state index in [4.69, 9.17) is 4.74 Å². The van der Waals surface area contributed by atoms with Gasteiger partial charge in [0.1, 0.15) is 11.0 Å². The fourth-order valence-electron chi connectivity index (χ4n) is 3.02. The standard InChI is InChI=1S/C16H22N4O3S/c1-11-6-5-7-15(17-11)23-14-8-9-20(10-14)24(21,22)16-12(2)18-19(4)13(16)3/h5-7,14H,8-10H2,1-4H3. The maximum Gasteiger partial charge on any atom is 0.246 e. The van der Waals surface area contributed by atoms with E-state index in [1.165, 1.54) is 4.31 Å². The Morgan fingerprint density at radius 1 is 1.25 bits per heavy atom. The van der Waals surface area contributed by atoms with Crippen molar-refractivity contribution in [1.29, 1.82) is 0 Å². The number of aryl methyl sites for hydroxylation is 3. The van der Waals surface area contributed by atoms with Crippen LogP contribution < -0.4 is 4.74 Å². The van der Waals surface area contributed by atoms with Crippen LogP contribution in [-0.2, 0) is 17.1 Å². The van der Waals surface area contributed by atoms with E-state index in [9.17, 15) is 8.42 Å². The van der Waals surface area contributed by atoms with Gasteiger partial charge in [-0.3, -0.25) is 4.68 Å². The summed E-state index contributed by atoms with van der Waals surface area (Å²) in [5.74, 6) is 0.535. The fourth-order valence-corrected chi connectivity index (χ4v) is 4.91. The molecule has 3 heterocycles. The summed E-state index contributed by atoms with van der Waals surface area (Å²) in [7, 11) is -1.81. The van der Waals surface area contributed by atoms with Gasteiger partial charge in [0.2, 0.25) is 15.9 Å². The van der Waals surface area contributed by atoms with Crippen molar-refractivity contribution >= 4 is 10.0 Å². The number of sulfonamides is 1. The molecule has 0 saturated carbocycles. The fraction of sp³-hybridized carbons (Fsp3) is 0.500. The van der Waals surface area contributed by atoms with Gasteiger partial charge in [0, 0.05) is 25.4 Å². The van der Waals surface area contributed by atoms with Crippen molar-refractivity contribution in [2.24, 2.45) is 7.05 Å². The van der Waals surface area contributed by atoms with Gasteiger partial charge in [0.25, 0.3) is 0 Å². The molecule has 0 N–H and O–H groups in total. The molecular weight excluding hydrogens is 328 g/mol. The number of rotatable bonds is 4. The third kappa shape index (κ3) is 3.03. The van der Waals surface area contributed by atoms with Gasteiger partial charge >= 0.3 is 0 Å². The molecule has 1 saturated heterocycles. The summed E-state index contributed by atoms with van der Waals surface area (Å²) >= 11 is 0. The molecule has 1 atom stereocenters. The van der Waals surface area contributed by atoms with Gasteiger partial charge in [-0.2, -0.15) is 9.40 Å². The first-order valence-corrected chi connectivity index (χ1v) is 9.33. The Labute approximate surface area is 142 Å². The van der Waals surface area contributed by atoms with Gasteiger partial charge in [-0.15, -0.1) is 0 Å². The molecule has 8 heteroatoms. The number of nitrogens with zero attached hydrogens (tertiary/aromatic N) is 4. The minimum Gasteiger partial charge on any atom is -0.473 e. The van der Waals surface area contributed by atoms with E-state index >= 15 is 0 Å². The van der Waals surface area contributed by atoms with Crippen LogP contribution in [0.1, 0.15) is 23.5 Å². The topological polar surface area (TPSA) is 77.3 Å². The molecule has 1 aliphatic rings. The van der Waals surface area contributed by atoms with Crippen molar-refractivity contribution in [3.8, 4) is 5.88 Å². The van der Waals surface area contributed by atoms with Crippen LogP contribution in [-0.4, -0.2) is 46.7 Å². The molecule has 0 aliphatic carbocycles. The van der Waals surface area contributed by atoms with Crippen LogP contribution in [0.5, 0.6) is 5.88 Å². The van der Waals surface area contributed by atoms with E-state index in [1.807, 2.05) is 19.1 Å². The summed E-state index contributed by atoms with van der Waals surface area (Å²) in [6.07, 6.45) is 0.457. The zero-order valence-corrected chi connectivity index (χ0v) is 15.2. The van der Waals surface area contributed by atoms with Gasteiger partial charge in [-0.1, -0.05) is 6.07 Å². The van der Waals surface area contributed by atoms with Crippen molar-refractivity contribution in [2.45, 2.75) is 38.2 Å². The minimum absolute atomic E-state index is 0.189.